The topological polar surface area (TPSA) is 55.6 Å². The Morgan fingerprint density at radius 1 is 1.38 bits per heavy atom. The van der Waals surface area contributed by atoms with E-state index < -0.39 is 6.04 Å². The molecule has 24 heavy (non-hydrogen) atoms. The van der Waals surface area contributed by atoms with Crippen LogP contribution in [0, 0.1) is 6.92 Å². The second-order valence-corrected chi connectivity index (χ2v) is 6.94. The molecule has 0 fully saturated rings. The zero-order valence-electron chi connectivity index (χ0n) is 13.9. The number of benzene rings is 2. The number of aryl methyl sites for hydroxylation is 1. The lowest BCUT2D eigenvalue weighted by Crippen LogP contribution is -2.44. The molecule has 0 bridgehead atoms. The van der Waals surface area contributed by atoms with Crippen LogP contribution in [-0.2, 0) is 17.6 Å². The summed E-state index contributed by atoms with van der Waals surface area (Å²) in [6, 6.07) is 11.3. The van der Waals surface area contributed by atoms with E-state index in [-0.39, 0.29) is 5.91 Å². The largest absolute Gasteiger partial charge is 0.497 e. The van der Waals surface area contributed by atoms with E-state index in [0.717, 1.165) is 33.5 Å². The lowest BCUT2D eigenvalue weighted by atomic mass is 10.0. The average Bonchev–Trinajstić information content (AvgIpc) is 3.01. The predicted octanol–water partition coefficient (Wildman–Crippen LogP) is 3.23. The molecule has 3 rings (SSSR count). The molecule has 4 nitrogen and oxygen atoms in total. The molecule has 1 aliphatic heterocycles. The van der Waals surface area contributed by atoms with Crippen LogP contribution in [0.2, 0.25) is 0 Å². The minimum atomic E-state index is -0.570. The number of nitrogens with zero attached hydrogens (tertiary/aromatic N) is 1. The number of carbonyl (C=O) groups excluding carboxylic acids is 1. The summed E-state index contributed by atoms with van der Waals surface area (Å²) in [6.07, 6.45) is 1.38. The Balaban J connectivity index is 1.79. The summed E-state index contributed by atoms with van der Waals surface area (Å²) < 4.78 is 6.19. The number of fused-ring (bicyclic) bond motifs is 1. The zero-order valence-corrected chi connectivity index (χ0v) is 15.5. The summed E-state index contributed by atoms with van der Waals surface area (Å²) in [5.74, 6) is 0.763. The van der Waals surface area contributed by atoms with Crippen molar-refractivity contribution < 1.29 is 9.53 Å². The summed E-state index contributed by atoms with van der Waals surface area (Å²) in [7, 11) is 1.64. The number of methoxy groups -OCH3 is 1. The van der Waals surface area contributed by atoms with Gasteiger partial charge in [-0.3, -0.25) is 4.79 Å². The van der Waals surface area contributed by atoms with E-state index in [4.69, 9.17) is 10.5 Å². The van der Waals surface area contributed by atoms with E-state index in [0.29, 0.717) is 13.0 Å². The molecule has 126 valence electrons. The molecule has 5 heteroatoms. The Morgan fingerprint density at radius 3 is 2.83 bits per heavy atom. The van der Waals surface area contributed by atoms with Crippen molar-refractivity contribution in [3.05, 3.63) is 57.6 Å². The number of hydrogen-bond acceptors (Lipinski definition) is 3. The smallest absolute Gasteiger partial charge is 0.244 e. The van der Waals surface area contributed by atoms with Gasteiger partial charge in [-0.25, -0.2) is 0 Å². The van der Waals surface area contributed by atoms with Crippen LogP contribution in [0.25, 0.3) is 0 Å². The third-order valence-corrected chi connectivity index (χ3v) is 5.23. The SMILES string of the molecule is COc1cc(C)c(C[C@@H](N)C(=O)N2CCc3ccccc32)c(Br)c1. The monoisotopic (exact) mass is 388 g/mol. The molecule has 0 spiro atoms. The van der Waals surface area contributed by atoms with Crippen molar-refractivity contribution >= 4 is 27.5 Å². The third kappa shape index (κ3) is 3.19. The van der Waals surface area contributed by atoms with Crippen LogP contribution in [-0.4, -0.2) is 25.6 Å². The molecular formula is C19H21BrN2O2. The minimum Gasteiger partial charge on any atom is -0.497 e. The molecular weight excluding hydrogens is 368 g/mol. The Morgan fingerprint density at radius 2 is 2.12 bits per heavy atom. The molecule has 2 aromatic rings. The van der Waals surface area contributed by atoms with Crippen LogP contribution in [0.15, 0.2) is 40.9 Å². The molecule has 0 saturated carbocycles. The van der Waals surface area contributed by atoms with Gasteiger partial charge in [0.15, 0.2) is 0 Å². The van der Waals surface area contributed by atoms with Gasteiger partial charge in [0.2, 0.25) is 5.91 Å². The molecule has 1 amide bonds. The van der Waals surface area contributed by atoms with E-state index in [9.17, 15) is 4.79 Å². The van der Waals surface area contributed by atoms with Gasteiger partial charge in [-0.2, -0.15) is 0 Å². The van der Waals surface area contributed by atoms with E-state index >= 15 is 0 Å². The Labute approximate surface area is 150 Å². The molecule has 2 aromatic carbocycles. The maximum Gasteiger partial charge on any atom is 0.244 e. The summed E-state index contributed by atoms with van der Waals surface area (Å²) in [4.78, 5) is 14.6. The predicted molar refractivity (Wildman–Crippen MR) is 99.6 cm³/mol. The molecule has 2 N–H and O–H groups in total. The van der Waals surface area contributed by atoms with Crippen molar-refractivity contribution in [2.45, 2.75) is 25.8 Å². The van der Waals surface area contributed by atoms with Crippen LogP contribution < -0.4 is 15.4 Å². The molecule has 1 heterocycles. The van der Waals surface area contributed by atoms with Crippen molar-refractivity contribution in [2.75, 3.05) is 18.6 Å². The van der Waals surface area contributed by atoms with Crippen LogP contribution in [0.4, 0.5) is 5.69 Å². The summed E-state index contributed by atoms with van der Waals surface area (Å²) in [5.41, 5.74) is 10.6. The van der Waals surface area contributed by atoms with Crippen LogP contribution in [0.3, 0.4) is 0 Å². The zero-order chi connectivity index (χ0) is 17.3. The van der Waals surface area contributed by atoms with Gasteiger partial charge in [0.1, 0.15) is 5.75 Å². The molecule has 0 unspecified atom stereocenters. The average molecular weight is 389 g/mol. The first-order chi connectivity index (χ1) is 11.5. The normalized spacial score (nSPS) is 14.4. The van der Waals surface area contributed by atoms with Crippen molar-refractivity contribution in [1.82, 2.24) is 0 Å². The van der Waals surface area contributed by atoms with Gasteiger partial charge >= 0.3 is 0 Å². The van der Waals surface area contributed by atoms with Gasteiger partial charge in [0.25, 0.3) is 0 Å². The molecule has 0 radical (unpaired) electrons. The highest BCUT2D eigenvalue weighted by Gasteiger charge is 2.28. The molecule has 0 aliphatic carbocycles. The summed E-state index contributed by atoms with van der Waals surface area (Å²) >= 11 is 3.57. The second kappa shape index (κ2) is 6.95. The quantitative estimate of drug-likeness (QED) is 0.874. The first kappa shape index (κ1) is 17.0. The fourth-order valence-electron chi connectivity index (χ4n) is 3.19. The van der Waals surface area contributed by atoms with E-state index in [1.54, 1.807) is 7.11 Å². The fourth-order valence-corrected chi connectivity index (χ4v) is 3.89. The number of amides is 1. The van der Waals surface area contributed by atoms with Gasteiger partial charge < -0.3 is 15.4 Å². The summed E-state index contributed by atoms with van der Waals surface area (Å²) in [6.45, 7) is 2.71. The molecule has 0 aromatic heterocycles. The van der Waals surface area contributed by atoms with Crippen molar-refractivity contribution in [3.8, 4) is 5.75 Å². The van der Waals surface area contributed by atoms with Gasteiger partial charge in [0.05, 0.1) is 13.2 Å². The first-order valence-corrected chi connectivity index (χ1v) is 8.78. The van der Waals surface area contributed by atoms with E-state index in [2.05, 4.69) is 22.0 Å². The van der Waals surface area contributed by atoms with Gasteiger partial charge in [-0.15, -0.1) is 0 Å². The maximum absolute atomic E-state index is 12.8. The van der Waals surface area contributed by atoms with Crippen molar-refractivity contribution in [1.29, 1.82) is 0 Å². The van der Waals surface area contributed by atoms with Crippen LogP contribution in [0.1, 0.15) is 16.7 Å². The highest BCUT2D eigenvalue weighted by atomic mass is 79.9. The number of hydrogen-bond donors (Lipinski definition) is 1. The highest BCUT2D eigenvalue weighted by Crippen LogP contribution is 2.30. The van der Waals surface area contributed by atoms with Crippen molar-refractivity contribution in [2.24, 2.45) is 5.73 Å². The molecule has 1 atom stereocenters. The van der Waals surface area contributed by atoms with Gasteiger partial charge in [0, 0.05) is 16.7 Å². The first-order valence-electron chi connectivity index (χ1n) is 7.99. The number of carbonyl (C=O) groups is 1. The van der Waals surface area contributed by atoms with Crippen molar-refractivity contribution in [3.63, 3.8) is 0 Å². The number of rotatable bonds is 4. The van der Waals surface area contributed by atoms with E-state index in [1.807, 2.05) is 42.2 Å². The standard InChI is InChI=1S/C19H21BrN2O2/c1-12-9-14(24-2)10-16(20)15(12)11-17(21)19(23)22-8-7-13-5-3-4-6-18(13)22/h3-6,9-10,17H,7-8,11,21H2,1-2H3/t17-/m1/s1. The third-order valence-electron chi connectivity index (χ3n) is 4.52. The van der Waals surface area contributed by atoms with Crippen LogP contribution >= 0.6 is 15.9 Å². The number of ether oxygens (including phenoxy) is 1. The lowest BCUT2D eigenvalue weighted by Gasteiger charge is -2.22. The Bertz CT molecular complexity index is 753. The minimum absolute atomic E-state index is 0.0259. The van der Waals surface area contributed by atoms with Gasteiger partial charge in [-0.05, 0) is 54.7 Å². The lowest BCUT2D eigenvalue weighted by molar-refractivity contribution is -0.119. The number of anilines is 1. The van der Waals surface area contributed by atoms with Crippen LogP contribution in [0.5, 0.6) is 5.75 Å². The van der Waals surface area contributed by atoms with E-state index in [1.165, 1.54) is 5.56 Å². The van der Waals surface area contributed by atoms with Gasteiger partial charge in [-0.1, -0.05) is 34.1 Å². The molecule has 0 saturated heterocycles. The summed E-state index contributed by atoms with van der Waals surface area (Å²) in [5, 5.41) is 0. The highest BCUT2D eigenvalue weighted by molar-refractivity contribution is 9.10. The maximum atomic E-state index is 12.8. The second-order valence-electron chi connectivity index (χ2n) is 6.08. The Kier molecular flexibility index (Phi) is 4.92. The number of nitrogens with two attached hydrogens (primary N) is 1. The molecule has 1 aliphatic rings. The number of halogens is 1. The number of para-hydroxylation sites is 1. The fraction of sp³-hybridized carbons (Fsp3) is 0.316. The Hall–Kier alpha value is -1.85.